The van der Waals surface area contributed by atoms with E-state index in [0.717, 1.165) is 0 Å². The van der Waals surface area contributed by atoms with Crippen molar-refractivity contribution < 1.29 is 0 Å². The number of rotatable bonds is 4. The molecule has 0 aliphatic rings. The van der Waals surface area contributed by atoms with Gasteiger partial charge in [0.05, 0.1) is 0 Å². The second-order valence-electron chi connectivity index (χ2n) is 15.9. The van der Waals surface area contributed by atoms with Gasteiger partial charge in [-0.05, 0) is 161 Å². The van der Waals surface area contributed by atoms with Gasteiger partial charge in [-0.25, -0.2) is 0 Å². The lowest BCUT2D eigenvalue weighted by Gasteiger charge is -2.20. The predicted molar refractivity (Wildman–Crippen MR) is 251 cm³/mol. The molecule has 0 heterocycles. The summed E-state index contributed by atoms with van der Waals surface area (Å²) < 4.78 is 0. The molecule has 0 unspecified atom stereocenters. The maximum atomic E-state index is 2.55. The van der Waals surface area contributed by atoms with Gasteiger partial charge in [-0.15, -0.1) is 0 Å². The lowest BCUT2D eigenvalue weighted by atomic mass is 9.82. The molecule has 0 amide bonds. The van der Waals surface area contributed by atoms with E-state index in [1.807, 2.05) is 0 Å². The lowest BCUT2D eigenvalue weighted by molar-refractivity contribution is 1.58. The second kappa shape index (κ2) is 12.0. The summed E-state index contributed by atoms with van der Waals surface area (Å²) in [6, 6.07) is 77.2. The van der Waals surface area contributed by atoms with Crippen molar-refractivity contribution in [1.82, 2.24) is 0 Å². The van der Waals surface area contributed by atoms with Crippen LogP contribution in [-0.4, -0.2) is 0 Å². The Bertz CT molecular complexity index is 3700. The van der Waals surface area contributed by atoms with Crippen LogP contribution < -0.4 is 0 Å². The second-order valence-corrected chi connectivity index (χ2v) is 15.9. The van der Waals surface area contributed by atoms with Crippen molar-refractivity contribution in [1.29, 1.82) is 0 Å². The van der Waals surface area contributed by atoms with E-state index < -0.39 is 0 Å². The summed E-state index contributed by atoms with van der Waals surface area (Å²) in [5.74, 6) is 0. The molecule has 0 aliphatic heterocycles. The normalized spacial score (nSPS) is 12.1. The Hall–Kier alpha value is -7.54. The molecule has 13 aromatic rings. The van der Waals surface area contributed by atoms with Crippen molar-refractivity contribution in [3.63, 3.8) is 0 Å². The van der Waals surface area contributed by atoms with E-state index in [9.17, 15) is 0 Å². The molecule has 0 saturated carbocycles. The van der Waals surface area contributed by atoms with Crippen LogP contribution in [0, 0.1) is 0 Å². The molecule has 13 aromatic carbocycles. The molecule has 0 bridgehead atoms. The van der Waals surface area contributed by atoms with E-state index in [1.54, 1.807) is 0 Å². The number of hydrogen-bond donors (Lipinski definition) is 0. The van der Waals surface area contributed by atoms with Crippen molar-refractivity contribution in [2.75, 3.05) is 0 Å². The first kappa shape index (κ1) is 31.6. The Morgan fingerprint density at radius 2 is 0.672 bits per heavy atom. The molecule has 0 saturated heterocycles. The van der Waals surface area contributed by atoms with E-state index >= 15 is 0 Å². The van der Waals surface area contributed by atoms with Crippen molar-refractivity contribution in [3.8, 4) is 44.5 Å². The van der Waals surface area contributed by atoms with Gasteiger partial charge in [0, 0.05) is 0 Å². The lowest BCUT2D eigenvalue weighted by Crippen LogP contribution is -1.93. The highest BCUT2D eigenvalue weighted by atomic mass is 14.3. The minimum absolute atomic E-state index is 1.21. The van der Waals surface area contributed by atoms with Crippen molar-refractivity contribution in [2.45, 2.75) is 0 Å². The molecule has 58 heavy (non-hydrogen) atoms. The van der Waals surface area contributed by atoms with Crippen LogP contribution in [-0.2, 0) is 0 Å². The van der Waals surface area contributed by atoms with Gasteiger partial charge in [0.15, 0.2) is 0 Å². The zero-order valence-electron chi connectivity index (χ0n) is 31.6. The quantitative estimate of drug-likeness (QED) is 0.158. The van der Waals surface area contributed by atoms with Crippen molar-refractivity contribution in [3.05, 3.63) is 206 Å². The van der Waals surface area contributed by atoms with Gasteiger partial charge in [0.1, 0.15) is 0 Å². The molecule has 13 rings (SSSR count). The van der Waals surface area contributed by atoms with Gasteiger partial charge in [-0.2, -0.15) is 0 Å². The highest BCUT2D eigenvalue weighted by Gasteiger charge is 2.27. The molecule has 0 aliphatic carbocycles. The molecule has 0 atom stereocenters. The minimum Gasteiger partial charge on any atom is -0.0622 e. The molecule has 0 nitrogen and oxygen atoms in total. The van der Waals surface area contributed by atoms with Crippen LogP contribution in [0.4, 0.5) is 0 Å². The van der Waals surface area contributed by atoms with Crippen LogP contribution >= 0.6 is 0 Å². The Balaban J connectivity index is 1.32. The Morgan fingerprint density at radius 1 is 0.172 bits per heavy atom. The van der Waals surface area contributed by atoms with Crippen LogP contribution in [0.3, 0.4) is 0 Å². The smallest absolute Gasteiger partial charge is 0.000719 e. The SMILES string of the molecule is c1ccc(-c2cc(-c3ccccc3)cc(-c3c4c(cc5c6ccccc6c6cccc4c65)c(-c4ccc5ccccc5c4)c4c5cccc6cccc(c34)c65)c2)cc1. The van der Waals surface area contributed by atoms with E-state index in [0.29, 0.717) is 0 Å². The summed E-state index contributed by atoms with van der Waals surface area (Å²) in [5, 5.41) is 20.9. The van der Waals surface area contributed by atoms with Gasteiger partial charge in [0.2, 0.25) is 0 Å². The Kier molecular flexibility index (Phi) is 6.54. The average molecular weight is 731 g/mol. The van der Waals surface area contributed by atoms with E-state index in [4.69, 9.17) is 0 Å². The van der Waals surface area contributed by atoms with E-state index in [-0.39, 0.29) is 0 Å². The third-order valence-electron chi connectivity index (χ3n) is 12.9. The van der Waals surface area contributed by atoms with Crippen LogP contribution in [0.5, 0.6) is 0 Å². The molecule has 0 fully saturated rings. The summed E-state index contributed by atoms with van der Waals surface area (Å²) in [6.45, 7) is 0. The summed E-state index contributed by atoms with van der Waals surface area (Å²) in [7, 11) is 0. The fourth-order valence-corrected chi connectivity index (χ4v) is 10.4. The zero-order chi connectivity index (χ0) is 37.9. The fraction of sp³-hybridized carbons (Fsp3) is 0. The topological polar surface area (TPSA) is 0 Å². The average Bonchev–Trinajstić information content (AvgIpc) is 3.80. The maximum absolute atomic E-state index is 2.55. The standard InChI is InChI=1S/C58H34/c1-3-14-35(15-4-1)41-31-42(36-16-5-2-6-17-36)33-43(32-41)54-56-49-27-13-24-46-44-22-9-10-23-45(44)50(55(46)49)34-51(56)53(40-29-28-37-18-7-8-19-39(37)30-40)57-47-25-11-20-38-21-12-26-48(52(38)47)58(54)57/h1-34H. The van der Waals surface area contributed by atoms with Gasteiger partial charge < -0.3 is 0 Å². The molecule has 0 heteroatoms. The van der Waals surface area contributed by atoms with Gasteiger partial charge in [-0.3, -0.25) is 0 Å². The van der Waals surface area contributed by atoms with Crippen molar-refractivity contribution in [2.24, 2.45) is 0 Å². The molecule has 0 radical (unpaired) electrons. The van der Waals surface area contributed by atoms with E-state index in [2.05, 4.69) is 206 Å². The highest BCUT2D eigenvalue weighted by molar-refractivity contribution is 6.45. The number of hydrogen-bond acceptors (Lipinski definition) is 0. The minimum atomic E-state index is 1.21. The van der Waals surface area contributed by atoms with Gasteiger partial charge >= 0.3 is 0 Å². The molecule has 0 spiro atoms. The third-order valence-corrected chi connectivity index (χ3v) is 12.9. The molecule has 266 valence electrons. The number of benzene rings is 11. The monoisotopic (exact) mass is 730 g/mol. The summed E-state index contributed by atoms with van der Waals surface area (Å²) >= 11 is 0. The first-order valence-corrected chi connectivity index (χ1v) is 20.3. The highest BCUT2D eigenvalue weighted by Crippen LogP contribution is 2.55. The summed E-state index contributed by atoms with van der Waals surface area (Å²) in [5.41, 5.74) is 9.92. The molecule has 0 aromatic heterocycles. The summed E-state index contributed by atoms with van der Waals surface area (Å²) in [6.07, 6.45) is 0. The molecular formula is C58H34. The van der Waals surface area contributed by atoms with E-state index in [1.165, 1.54) is 131 Å². The largest absolute Gasteiger partial charge is 0.0622 e. The predicted octanol–water partition coefficient (Wildman–Crippen LogP) is 16.5. The summed E-state index contributed by atoms with van der Waals surface area (Å²) in [4.78, 5) is 0. The molecule has 0 N–H and O–H groups in total. The number of fused-ring (bicyclic) bond motifs is 9. The first-order valence-electron chi connectivity index (χ1n) is 20.3. The first-order chi connectivity index (χ1) is 28.8. The maximum Gasteiger partial charge on any atom is -0.000719 e. The van der Waals surface area contributed by atoms with Crippen molar-refractivity contribution >= 4 is 86.2 Å². The van der Waals surface area contributed by atoms with Crippen LogP contribution in [0.15, 0.2) is 206 Å². The fourth-order valence-electron chi connectivity index (χ4n) is 10.4. The Morgan fingerprint density at radius 3 is 1.36 bits per heavy atom. The van der Waals surface area contributed by atoms with Crippen LogP contribution in [0.2, 0.25) is 0 Å². The van der Waals surface area contributed by atoms with Crippen LogP contribution in [0.1, 0.15) is 0 Å². The zero-order valence-corrected chi connectivity index (χ0v) is 31.6. The van der Waals surface area contributed by atoms with Gasteiger partial charge in [-0.1, -0.05) is 176 Å². The molecular weight excluding hydrogens is 697 g/mol. The third kappa shape index (κ3) is 4.40. The van der Waals surface area contributed by atoms with Crippen LogP contribution in [0.25, 0.3) is 131 Å². The Labute approximate surface area is 335 Å². The van der Waals surface area contributed by atoms with Gasteiger partial charge in [0.25, 0.3) is 0 Å².